The van der Waals surface area contributed by atoms with Crippen molar-refractivity contribution in [3.05, 3.63) is 91.8 Å². The van der Waals surface area contributed by atoms with E-state index < -0.39 is 47.5 Å². The van der Waals surface area contributed by atoms with E-state index in [1.807, 2.05) is 0 Å². The van der Waals surface area contributed by atoms with Crippen molar-refractivity contribution in [3.8, 4) is 16.9 Å². The second-order valence-electron chi connectivity index (χ2n) is 8.33. The fourth-order valence-electron chi connectivity index (χ4n) is 3.92. The van der Waals surface area contributed by atoms with Gasteiger partial charge < -0.3 is 14.5 Å². The summed E-state index contributed by atoms with van der Waals surface area (Å²) in [6.45, 7) is 1.63. The Hall–Kier alpha value is -3.70. The number of rotatable bonds is 5. The minimum absolute atomic E-state index is 0.0195. The Labute approximate surface area is 225 Å². The molecule has 3 aromatic carbocycles. The lowest BCUT2D eigenvalue weighted by atomic mass is 9.94. The third-order valence-corrected chi connectivity index (χ3v) is 6.18. The molecule has 1 aromatic heterocycles. The molecule has 0 bridgehead atoms. The molecule has 1 amide bonds. The number of amides is 1. The minimum Gasteiger partial charge on any atom is -0.422 e. The van der Waals surface area contributed by atoms with Crippen LogP contribution in [0, 0.1) is 6.92 Å². The number of nitrogens with one attached hydrogen (secondary N) is 1. The molecule has 0 fully saturated rings. The topological polar surface area (TPSA) is 68.5 Å². The first-order valence-corrected chi connectivity index (χ1v) is 11.7. The number of alkyl halides is 6. The Morgan fingerprint density at radius 2 is 1.72 bits per heavy atom. The molecule has 0 aliphatic rings. The van der Waals surface area contributed by atoms with Gasteiger partial charge in [-0.1, -0.05) is 35.3 Å². The molecular formula is C26H15Cl2F6NO4. The second-order valence-corrected chi connectivity index (χ2v) is 9.17. The van der Waals surface area contributed by atoms with Gasteiger partial charge in [0.05, 0.1) is 23.2 Å². The van der Waals surface area contributed by atoms with E-state index in [0.717, 1.165) is 24.3 Å². The van der Waals surface area contributed by atoms with Crippen LogP contribution in [-0.2, 0) is 17.4 Å². The number of fused-ring (bicyclic) bond motifs is 1. The number of ether oxygens (including phenoxy) is 1. The first-order chi connectivity index (χ1) is 18.1. The molecule has 0 saturated heterocycles. The molecule has 204 valence electrons. The van der Waals surface area contributed by atoms with Crippen LogP contribution in [0.2, 0.25) is 10.0 Å². The van der Waals surface area contributed by atoms with Gasteiger partial charge in [0.2, 0.25) is 5.91 Å². The molecule has 4 rings (SSSR count). The summed E-state index contributed by atoms with van der Waals surface area (Å²) >= 11 is 11.8. The largest absolute Gasteiger partial charge is 0.573 e. The zero-order valence-corrected chi connectivity index (χ0v) is 21.1. The van der Waals surface area contributed by atoms with Crippen LogP contribution in [0.1, 0.15) is 16.7 Å². The van der Waals surface area contributed by atoms with Gasteiger partial charge in [0.25, 0.3) is 0 Å². The number of anilines is 1. The monoisotopic (exact) mass is 589 g/mol. The molecule has 1 N–H and O–H groups in total. The Morgan fingerprint density at radius 1 is 1.00 bits per heavy atom. The fraction of sp³-hybridized carbons (Fsp3) is 0.154. The van der Waals surface area contributed by atoms with Gasteiger partial charge in [-0.15, -0.1) is 13.2 Å². The maximum Gasteiger partial charge on any atom is 0.573 e. The highest BCUT2D eigenvalue weighted by Gasteiger charge is 2.34. The van der Waals surface area contributed by atoms with Gasteiger partial charge >= 0.3 is 18.2 Å². The van der Waals surface area contributed by atoms with Crippen LogP contribution in [0.5, 0.6) is 5.75 Å². The highest BCUT2D eigenvalue weighted by Crippen LogP contribution is 2.38. The van der Waals surface area contributed by atoms with Crippen molar-refractivity contribution in [2.75, 3.05) is 5.32 Å². The van der Waals surface area contributed by atoms with E-state index in [0.29, 0.717) is 11.6 Å². The summed E-state index contributed by atoms with van der Waals surface area (Å²) in [6, 6.07) is 10.2. The Morgan fingerprint density at radius 3 is 2.38 bits per heavy atom. The van der Waals surface area contributed by atoms with Crippen LogP contribution in [0.25, 0.3) is 22.1 Å². The lowest BCUT2D eigenvalue weighted by Crippen LogP contribution is -2.22. The predicted molar refractivity (Wildman–Crippen MR) is 133 cm³/mol. The van der Waals surface area contributed by atoms with Gasteiger partial charge in [0.1, 0.15) is 11.3 Å². The second kappa shape index (κ2) is 10.5. The summed E-state index contributed by atoms with van der Waals surface area (Å²) in [5, 5.41) is 2.36. The van der Waals surface area contributed by atoms with Crippen LogP contribution < -0.4 is 15.7 Å². The van der Waals surface area contributed by atoms with Crippen LogP contribution in [0.4, 0.5) is 32.0 Å². The molecule has 0 spiro atoms. The van der Waals surface area contributed by atoms with Crippen LogP contribution in [0.3, 0.4) is 0 Å². The molecule has 5 nitrogen and oxygen atoms in total. The number of hydrogen-bond donors (Lipinski definition) is 1. The Balaban J connectivity index is 1.85. The molecule has 0 unspecified atom stereocenters. The summed E-state index contributed by atoms with van der Waals surface area (Å²) < 4.78 is 88.3. The maximum absolute atomic E-state index is 13.5. The van der Waals surface area contributed by atoms with Crippen molar-refractivity contribution in [2.24, 2.45) is 0 Å². The SMILES string of the molecule is Cc1cc2c(-c3cccc(OC(F)(F)F)c3)c(CC(=O)Nc3ccc(Cl)cc3C(F)(F)F)c(=O)oc2cc1Cl. The smallest absolute Gasteiger partial charge is 0.422 e. The number of aryl methyl sites for hydroxylation is 1. The average molecular weight is 590 g/mol. The van der Waals surface area contributed by atoms with E-state index in [4.69, 9.17) is 27.6 Å². The standard InChI is InChI=1S/C26H15Cl2F6NO4/c1-12-7-16-21(11-19(12)28)38-24(37)17(23(16)13-3-2-4-15(8-13)39-26(32,33)34)10-22(36)35-20-6-5-14(27)9-18(20)25(29,30)31/h2-9,11H,10H2,1H3,(H,35,36). The first-order valence-electron chi connectivity index (χ1n) is 10.9. The highest BCUT2D eigenvalue weighted by atomic mass is 35.5. The van der Waals surface area contributed by atoms with Crippen LogP contribution in [0.15, 0.2) is 63.8 Å². The van der Waals surface area contributed by atoms with Crippen molar-refractivity contribution in [2.45, 2.75) is 25.9 Å². The van der Waals surface area contributed by atoms with Crippen LogP contribution >= 0.6 is 23.2 Å². The lowest BCUT2D eigenvalue weighted by molar-refractivity contribution is -0.274. The van der Waals surface area contributed by atoms with Gasteiger partial charge in [-0.05, 0) is 54.4 Å². The van der Waals surface area contributed by atoms with E-state index in [1.165, 1.54) is 24.3 Å². The van der Waals surface area contributed by atoms with E-state index in [1.54, 1.807) is 6.92 Å². The van der Waals surface area contributed by atoms with Crippen molar-refractivity contribution in [1.29, 1.82) is 0 Å². The summed E-state index contributed by atoms with van der Waals surface area (Å²) in [5.74, 6) is -1.62. The minimum atomic E-state index is -5.00. The molecule has 1 heterocycles. The molecular weight excluding hydrogens is 575 g/mol. The van der Waals surface area contributed by atoms with Gasteiger partial charge in [0, 0.05) is 27.1 Å². The Bertz CT molecular complexity index is 1650. The van der Waals surface area contributed by atoms with Gasteiger partial charge in [0.15, 0.2) is 0 Å². The number of hydrogen-bond acceptors (Lipinski definition) is 4. The number of benzene rings is 3. The molecule has 13 heteroatoms. The predicted octanol–water partition coefficient (Wildman–Crippen LogP) is 8.17. The third-order valence-electron chi connectivity index (χ3n) is 5.54. The summed E-state index contributed by atoms with van der Waals surface area (Å²) in [7, 11) is 0. The summed E-state index contributed by atoms with van der Waals surface area (Å²) in [5.41, 5.74) is -2.58. The van der Waals surface area contributed by atoms with E-state index in [9.17, 15) is 35.9 Å². The molecule has 0 saturated carbocycles. The van der Waals surface area contributed by atoms with Crippen molar-refractivity contribution >= 4 is 45.8 Å². The molecule has 39 heavy (non-hydrogen) atoms. The van der Waals surface area contributed by atoms with Gasteiger partial charge in [-0.25, -0.2) is 4.79 Å². The van der Waals surface area contributed by atoms with E-state index in [-0.39, 0.29) is 37.7 Å². The van der Waals surface area contributed by atoms with Crippen molar-refractivity contribution in [1.82, 2.24) is 0 Å². The van der Waals surface area contributed by atoms with Crippen LogP contribution in [-0.4, -0.2) is 12.3 Å². The highest BCUT2D eigenvalue weighted by molar-refractivity contribution is 6.32. The quantitative estimate of drug-likeness (QED) is 0.188. The number of halogens is 8. The fourth-order valence-corrected chi connectivity index (χ4v) is 4.25. The summed E-state index contributed by atoms with van der Waals surface area (Å²) in [4.78, 5) is 25.9. The maximum atomic E-state index is 13.5. The zero-order chi connectivity index (χ0) is 28.7. The van der Waals surface area contributed by atoms with E-state index >= 15 is 0 Å². The lowest BCUT2D eigenvalue weighted by Gasteiger charge is -2.16. The zero-order valence-electron chi connectivity index (χ0n) is 19.6. The summed E-state index contributed by atoms with van der Waals surface area (Å²) in [6.07, 6.45) is -10.6. The van der Waals surface area contributed by atoms with Gasteiger partial charge in [-0.2, -0.15) is 13.2 Å². The van der Waals surface area contributed by atoms with E-state index in [2.05, 4.69) is 10.1 Å². The average Bonchev–Trinajstić information content (AvgIpc) is 2.80. The number of carbonyl (C=O) groups is 1. The Kier molecular flexibility index (Phi) is 7.59. The first kappa shape index (κ1) is 28.3. The van der Waals surface area contributed by atoms with Crippen molar-refractivity contribution in [3.63, 3.8) is 0 Å². The normalized spacial score (nSPS) is 12.0. The third kappa shape index (κ3) is 6.48. The van der Waals surface area contributed by atoms with Gasteiger partial charge in [-0.3, -0.25) is 4.79 Å². The molecule has 0 aliphatic carbocycles. The molecule has 4 aromatic rings. The number of carbonyl (C=O) groups excluding carboxylic acids is 1. The molecule has 0 atom stereocenters. The molecule has 0 aliphatic heterocycles. The molecule has 0 radical (unpaired) electrons. The van der Waals surface area contributed by atoms with Crippen molar-refractivity contribution < 1.29 is 40.3 Å².